The molecule has 3 nitrogen and oxygen atoms in total. The largest absolute Gasteiger partial charge is 0.378 e. The summed E-state index contributed by atoms with van der Waals surface area (Å²) < 4.78 is 0. The van der Waals surface area contributed by atoms with E-state index in [0.29, 0.717) is 6.54 Å². The number of anilines is 1. The van der Waals surface area contributed by atoms with E-state index >= 15 is 0 Å². The highest BCUT2D eigenvalue weighted by atomic mass is 15.1. The molecule has 0 amide bonds. The first kappa shape index (κ1) is 12.3. The first-order valence-corrected chi connectivity index (χ1v) is 5.94. The van der Waals surface area contributed by atoms with Gasteiger partial charge in [-0.1, -0.05) is 30.3 Å². The summed E-state index contributed by atoms with van der Waals surface area (Å²) in [6.45, 7) is 0.614. The molecule has 2 aromatic carbocycles. The van der Waals surface area contributed by atoms with Crippen molar-refractivity contribution in [3.8, 4) is 0 Å². The van der Waals surface area contributed by atoms with Gasteiger partial charge in [0.15, 0.2) is 0 Å². The molecule has 0 radical (unpaired) electrons. The topological polar surface area (TPSA) is 28.0 Å². The first-order valence-electron chi connectivity index (χ1n) is 5.94. The molecule has 92 valence electrons. The molecular formula is C15H17N3. The number of azo groups is 1. The molecule has 0 N–H and O–H groups in total. The predicted octanol–water partition coefficient (Wildman–Crippen LogP) is 4.04. The number of hydrogen-bond acceptors (Lipinski definition) is 3. The second-order valence-electron chi connectivity index (χ2n) is 4.30. The molecule has 2 aromatic rings. The van der Waals surface area contributed by atoms with E-state index in [0.717, 1.165) is 5.69 Å². The van der Waals surface area contributed by atoms with E-state index in [9.17, 15) is 0 Å². The van der Waals surface area contributed by atoms with Gasteiger partial charge in [-0.25, -0.2) is 0 Å². The maximum atomic E-state index is 4.20. The second kappa shape index (κ2) is 5.96. The minimum atomic E-state index is 0.614. The van der Waals surface area contributed by atoms with E-state index in [4.69, 9.17) is 0 Å². The molecule has 3 heteroatoms. The van der Waals surface area contributed by atoms with Crippen molar-refractivity contribution in [2.75, 3.05) is 19.0 Å². The lowest BCUT2D eigenvalue weighted by atomic mass is 10.2. The Morgan fingerprint density at radius 2 is 1.56 bits per heavy atom. The molecule has 0 aliphatic heterocycles. The zero-order chi connectivity index (χ0) is 12.8. The van der Waals surface area contributed by atoms with Crippen molar-refractivity contribution in [1.82, 2.24) is 0 Å². The normalized spacial score (nSPS) is 10.8. The lowest BCUT2D eigenvalue weighted by Gasteiger charge is -2.11. The summed E-state index contributed by atoms with van der Waals surface area (Å²) in [6.07, 6.45) is 0. The van der Waals surface area contributed by atoms with Gasteiger partial charge in [-0.3, -0.25) is 0 Å². The van der Waals surface area contributed by atoms with Crippen molar-refractivity contribution in [3.63, 3.8) is 0 Å². The fourth-order valence-corrected chi connectivity index (χ4v) is 1.59. The van der Waals surface area contributed by atoms with Crippen LogP contribution in [0.4, 0.5) is 11.4 Å². The Morgan fingerprint density at radius 3 is 2.17 bits per heavy atom. The Morgan fingerprint density at radius 1 is 0.889 bits per heavy atom. The van der Waals surface area contributed by atoms with Crippen LogP contribution < -0.4 is 4.90 Å². The minimum Gasteiger partial charge on any atom is -0.378 e. The summed E-state index contributed by atoms with van der Waals surface area (Å²) in [5.41, 5.74) is 3.25. The monoisotopic (exact) mass is 239 g/mol. The fraction of sp³-hybridized carbons (Fsp3) is 0.200. The zero-order valence-electron chi connectivity index (χ0n) is 10.7. The van der Waals surface area contributed by atoms with E-state index in [1.165, 1.54) is 11.3 Å². The summed E-state index contributed by atoms with van der Waals surface area (Å²) in [6, 6.07) is 18.1. The van der Waals surface area contributed by atoms with Crippen molar-refractivity contribution in [2.45, 2.75) is 6.54 Å². The highest BCUT2D eigenvalue weighted by molar-refractivity contribution is 5.46. The lowest BCUT2D eigenvalue weighted by Crippen LogP contribution is -2.08. The van der Waals surface area contributed by atoms with Crippen LogP contribution in [0.3, 0.4) is 0 Å². The molecule has 0 aliphatic carbocycles. The van der Waals surface area contributed by atoms with Gasteiger partial charge >= 0.3 is 0 Å². The lowest BCUT2D eigenvalue weighted by molar-refractivity contribution is 0.958. The average Bonchev–Trinajstić information content (AvgIpc) is 2.40. The average molecular weight is 239 g/mol. The van der Waals surface area contributed by atoms with Crippen LogP contribution in [-0.4, -0.2) is 14.1 Å². The maximum absolute atomic E-state index is 4.20. The Labute approximate surface area is 108 Å². The second-order valence-corrected chi connectivity index (χ2v) is 4.30. The Balaban J connectivity index is 1.96. The standard InChI is InChI=1S/C15H17N3/c1-18(2)15-10-8-13(9-11-15)12-16-17-14-6-4-3-5-7-14/h3-11H,12H2,1-2H3. The first-order chi connectivity index (χ1) is 8.75. The van der Waals surface area contributed by atoms with Crippen molar-refractivity contribution in [2.24, 2.45) is 10.2 Å². The van der Waals surface area contributed by atoms with Crippen LogP contribution in [-0.2, 0) is 6.54 Å². The van der Waals surface area contributed by atoms with E-state index in [-0.39, 0.29) is 0 Å². The van der Waals surface area contributed by atoms with Crippen LogP contribution in [0, 0.1) is 0 Å². The third-order valence-electron chi connectivity index (χ3n) is 2.65. The van der Waals surface area contributed by atoms with Gasteiger partial charge in [0.05, 0.1) is 12.2 Å². The van der Waals surface area contributed by atoms with Gasteiger partial charge in [0, 0.05) is 19.8 Å². The van der Waals surface area contributed by atoms with Crippen molar-refractivity contribution in [3.05, 3.63) is 60.2 Å². The van der Waals surface area contributed by atoms with Crippen molar-refractivity contribution in [1.29, 1.82) is 0 Å². The summed E-state index contributed by atoms with van der Waals surface area (Å²) >= 11 is 0. The Kier molecular flexibility index (Phi) is 4.07. The number of benzene rings is 2. The van der Waals surface area contributed by atoms with Crippen LogP contribution in [0.2, 0.25) is 0 Å². The quantitative estimate of drug-likeness (QED) is 0.740. The van der Waals surface area contributed by atoms with E-state index in [1.54, 1.807) is 0 Å². The number of rotatable bonds is 4. The van der Waals surface area contributed by atoms with Crippen molar-refractivity contribution >= 4 is 11.4 Å². The summed E-state index contributed by atoms with van der Waals surface area (Å²) in [5, 5.41) is 8.37. The van der Waals surface area contributed by atoms with Crippen LogP contribution in [0.15, 0.2) is 64.8 Å². The molecule has 0 bridgehead atoms. The van der Waals surface area contributed by atoms with E-state index in [1.807, 2.05) is 44.4 Å². The Bertz CT molecular complexity index is 501. The molecule has 0 saturated heterocycles. The molecular weight excluding hydrogens is 222 g/mol. The van der Waals surface area contributed by atoms with Gasteiger partial charge in [0.1, 0.15) is 0 Å². The third kappa shape index (κ3) is 3.42. The fourth-order valence-electron chi connectivity index (χ4n) is 1.59. The summed E-state index contributed by atoms with van der Waals surface area (Å²) in [7, 11) is 4.06. The summed E-state index contributed by atoms with van der Waals surface area (Å²) in [5.74, 6) is 0. The highest BCUT2D eigenvalue weighted by Crippen LogP contribution is 2.14. The molecule has 0 spiro atoms. The third-order valence-corrected chi connectivity index (χ3v) is 2.65. The zero-order valence-corrected chi connectivity index (χ0v) is 10.7. The summed E-state index contributed by atoms with van der Waals surface area (Å²) in [4.78, 5) is 2.08. The van der Waals surface area contributed by atoms with Gasteiger partial charge in [-0.15, -0.1) is 0 Å². The smallest absolute Gasteiger partial charge is 0.0853 e. The molecule has 0 atom stereocenters. The van der Waals surface area contributed by atoms with E-state index < -0.39 is 0 Å². The van der Waals surface area contributed by atoms with Crippen LogP contribution in [0.25, 0.3) is 0 Å². The predicted molar refractivity (Wildman–Crippen MR) is 75.4 cm³/mol. The highest BCUT2D eigenvalue weighted by Gasteiger charge is 1.95. The molecule has 18 heavy (non-hydrogen) atoms. The Hall–Kier alpha value is -2.16. The number of nitrogens with zero attached hydrogens (tertiary/aromatic N) is 3. The van der Waals surface area contributed by atoms with Crippen LogP contribution in [0.1, 0.15) is 5.56 Å². The molecule has 0 heterocycles. The van der Waals surface area contributed by atoms with E-state index in [2.05, 4.69) is 39.4 Å². The van der Waals surface area contributed by atoms with Gasteiger partial charge in [-0.2, -0.15) is 10.2 Å². The SMILES string of the molecule is CN(C)c1ccc(CN=Nc2ccccc2)cc1. The molecule has 0 aliphatic rings. The van der Waals surface area contributed by atoms with Crippen molar-refractivity contribution < 1.29 is 0 Å². The molecule has 0 aromatic heterocycles. The van der Waals surface area contributed by atoms with Crippen LogP contribution in [0.5, 0.6) is 0 Å². The maximum Gasteiger partial charge on any atom is 0.0853 e. The van der Waals surface area contributed by atoms with Gasteiger partial charge in [-0.05, 0) is 29.8 Å². The van der Waals surface area contributed by atoms with Gasteiger partial charge in [0.2, 0.25) is 0 Å². The molecule has 0 unspecified atom stereocenters. The molecule has 2 rings (SSSR count). The van der Waals surface area contributed by atoms with Crippen LogP contribution >= 0.6 is 0 Å². The molecule has 0 saturated carbocycles. The van der Waals surface area contributed by atoms with Gasteiger partial charge < -0.3 is 4.90 Å². The van der Waals surface area contributed by atoms with Gasteiger partial charge in [0.25, 0.3) is 0 Å². The molecule has 0 fully saturated rings. The number of hydrogen-bond donors (Lipinski definition) is 0. The minimum absolute atomic E-state index is 0.614.